The van der Waals surface area contributed by atoms with Crippen LogP contribution in [0.1, 0.15) is 11.1 Å². The summed E-state index contributed by atoms with van der Waals surface area (Å²) >= 11 is 1.33. The summed E-state index contributed by atoms with van der Waals surface area (Å²) in [5, 5.41) is 11.0. The van der Waals surface area contributed by atoms with Gasteiger partial charge >= 0.3 is 6.36 Å². The predicted molar refractivity (Wildman–Crippen MR) is 128 cm³/mol. The first-order valence-electron chi connectivity index (χ1n) is 11.0. The molecular formula is C25H24F3N3O2S. The zero-order chi connectivity index (χ0) is 23.7. The van der Waals surface area contributed by atoms with Gasteiger partial charge in [0, 0.05) is 42.3 Å². The van der Waals surface area contributed by atoms with Crippen molar-refractivity contribution in [2.45, 2.75) is 31.3 Å². The summed E-state index contributed by atoms with van der Waals surface area (Å²) in [5.41, 5.74) is 5.41. The third-order valence-electron chi connectivity index (χ3n) is 6.10. The van der Waals surface area contributed by atoms with Gasteiger partial charge in [0.1, 0.15) is 5.75 Å². The number of aryl methyl sites for hydroxylation is 2. The highest BCUT2D eigenvalue weighted by atomic mass is 32.2. The van der Waals surface area contributed by atoms with E-state index in [4.69, 9.17) is 0 Å². The fraction of sp³-hybridized carbons (Fsp3) is 0.280. The van der Waals surface area contributed by atoms with E-state index in [2.05, 4.69) is 50.8 Å². The molecule has 0 bridgehead atoms. The minimum atomic E-state index is -4.71. The normalized spacial score (nSPS) is 20.4. The molecule has 1 saturated heterocycles. The molecule has 3 aromatic rings. The Hall–Kier alpha value is -2.88. The van der Waals surface area contributed by atoms with Crippen LogP contribution in [0, 0.1) is 0 Å². The summed E-state index contributed by atoms with van der Waals surface area (Å²) in [4.78, 5) is 2.27. The van der Waals surface area contributed by atoms with Crippen molar-refractivity contribution >= 4 is 29.2 Å². The minimum absolute atomic E-state index is 0.141. The number of hydrogen-bond acceptors (Lipinski definition) is 6. The summed E-state index contributed by atoms with van der Waals surface area (Å²) in [7, 11) is 0. The molecule has 3 aromatic carbocycles. The maximum absolute atomic E-state index is 12.4. The second-order valence-corrected chi connectivity index (χ2v) is 9.28. The van der Waals surface area contributed by atoms with Crippen LogP contribution in [-0.2, 0) is 12.8 Å². The number of aliphatic hydroxyl groups is 1. The number of anilines is 3. The fourth-order valence-electron chi connectivity index (χ4n) is 4.58. The Morgan fingerprint density at radius 1 is 0.853 bits per heavy atom. The first-order valence-corrected chi connectivity index (χ1v) is 11.8. The number of nitrogens with zero attached hydrogens (tertiary/aromatic N) is 2. The summed E-state index contributed by atoms with van der Waals surface area (Å²) in [6, 6.07) is 22.1. The maximum Gasteiger partial charge on any atom is 0.573 e. The van der Waals surface area contributed by atoms with Crippen LogP contribution in [0.3, 0.4) is 0 Å². The van der Waals surface area contributed by atoms with Crippen LogP contribution in [0.25, 0.3) is 0 Å². The van der Waals surface area contributed by atoms with Gasteiger partial charge in [-0.15, -0.1) is 13.2 Å². The molecule has 1 fully saturated rings. The number of halogens is 3. The van der Waals surface area contributed by atoms with E-state index in [1.807, 2.05) is 16.4 Å². The van der Waals surface area contributed by atoms with Gasteiger partial charge in [0.25, 0.3) is 0 Å². The standard InChI is InChI=1S/C25H24F3N3O2S/c26-25(27,28)33-20-13-11-19(12-14-20)29-34-30-15-23(24(32)16-30)31-21-7-3-1-5-17(21)9-10-18-6-2-4-8-22(18)31/h1-8,11-14,23-24,29,32H,9-10,15-16H2/t23?,24-/m0/s1. The molecule has 0 radical (unpaired) electrons. The van der Waals surface area contributed by atoms with E-state index < -0.39 is 12.5 Å². The summed E-state index contributed by atoms with van der Waals surface area (Å²) in [5.74, 6) is -0.266. The number of fused-ring (bicyclic) bond motifs is 2. The lowest BCUT2D eigenvalue weighted by Crippen LogP contribution is -2.40. The molecule has 2 heterocycles. The number of β-amino-alcohol motifs (C(OH)–C–C–N with tert-alkyl or cyclic N) is 1. The van der Waals surface area contributed by atoms with Gasteiger partial charge in [0.15, 0.2) is 0 Å². The maximum atomic E-state index is 12.4. The lowest BCUT2D eigenvalue weighted by Gasteiger charge is -2.34. The molecule has 2 N–H and O–H groups in total. The number of ether oxygens (including phenoxy) is 1. The van der Waals surface area contributed by atoms with Crippen LogP contribution in [-0.4, -0.2) is 41.0 Å². The number of hydrogen-bond donors (Lipinski definition) is 2. The Labute approximate surface area is 200 Å². The van der Waals surface area contributed by atoms with E-state index in [1.54, 1.807) is 0 Å². The molecule has 178 valence electrons. The van der Waals surface area contributed by atoms with Gasteiger partial charge in [0.05, 0.1) is 12.1 Å². The minimum Gasteiger partial charge on any atom is -0.406 e. The zero-order valence-corrected chi connectivity index (χ0v) is 19.0. The lowest BCUT2D eigenvalue weighted by molar-refractivity contribution is -0.274. The van der Waals surface area contributed by atoms with E-state index in [0.717, 1.165) is 24.2 Å². The molecule has 9 heteroatoms. The van der Waals surface area contributed by atoms with Gasteiger partial charge < -0.3 is 19.5 Å². The van der Waals surface area contributed by atoms with E-state index >= 15 is 0 Å². The molecule has 5 nitrogen and oxygen atoms in total. The Bertz CT molecular complexity index is 1100. The topological polar surface area (TPSA) is 48.0 Å². The predicted octanol–water partition coefficient (Wildman–Crippen LogP) is 5.54. The van der Waals surface area contributed by atoms with Gasteiger partial charge in [-0.1, -0.05) is 36.4 Å². The third kappa shape index (κ3) is 4.96. The average Bonchev–Trinajstić information content (AvgIpc) is 3.09. The molecule has 0 spiro atoms. The molecule has 0 aliphatic carbocycles. The Morgan fingerprint density at radius 2 is 1.44 bits per heavy atom. The number of alkyl halides is 3. The molecule has 2 aliphatic heterocycles. The third-order valence-corrected chi connectivity index (χ3v) is 6.99. The quantitative estimate of drug-likeness (QED) is 0.461. The first-order chi connectivity index (χ1) is 16.4. The van der Waals surface area contributed by atoms with Crippen molar-refractivity contribution in [3.63, 3.8) is 0 Å². The highest BCUT2D eigenvalue weighted by Crippen LogP contribution is 2.40. The SMILES string of the molecule is O[C@H]1CN(SNc2ccc(OC(F)(F)F)cc2)CC1N1c2ccccc2CCc2ccccc21. The van der Waals surface area contributed by atoms with E-state index in [-0.39, 0.29) is 11.8 Å². The van der Waals surface area contributed by atoms with Crippen molar-refractivity contribution in [1.82, 2.24) is 4.31 Å². The first kappa shape index (κ1) is 22.9. The van der Waals surface area contributed by atoms with Gasteiger partial charge in [-0.05, 0) is 60.4 Å². The highest BCUT2D eigenvalue weighted by Gasteiger charge is 2.39. The number of rotatable bonds is 5. The van der Waals surface area contributed by atoms with E-state index in [1.165, 1.54) is 47.5 Å². The van der Waals surface area contributed by atoms with Crippen molar-refractivity contribution in [2.24, 2.45) is 0 Å². The van der Waals surface area contributed by atoms with Gasteiger partial charge in [-0.3, -0.25) is 0 Å². The number of aliphatic hydroxyl groups excluding tert-OH is 1. The number of nitrogens with one attached hydrogen (secondary N) is 1. The zero-order valence-electron chi connectivity index (χ0n) is 18.2. The van der Waals surface area contributed by atoms with Crippen molar-refractivity contribution < 1.29 is 23.0 Å². The molecular weight excluding hydrogens is 463 g/mol. The lowest BCUT2D eigenvalue weighted by atomic mass is 10.0. The Kier molecular flexibility index (Phi) is 6.33. The van der Waals surface area contributed by atoms with Gasteiger partial charge in [-0.2, -0.15) is 0 Å². The summed E-state index contributed by atoms with van der Waals surface area (Å²) < 4.78 is 46.2. The number of para-hydroxylation sites is 2. The van der Waals surface area contributed by atoms with Crippen LogP contribution < -0.4 is 14.4 Å². The Balaban J connectivity index is 1.31. The second kappa shape index (κ2) is 9.40. The molecule has 34 heavy (non-hydrogen) atoms. The summed E-state index contributed by atoms with van der Waals surface area (Å²) in [6.45, 7) is 1.06. The molecule has 0 saturated carbocycles. The fourth-order valence-corrected chi connectivity index (χ4v) is 5.40. The van der Waals surface area contributed by atoms with Crippen LogP contribution in [0.5, 0.6) is 5.75 Å². The van der Waals surface area contributed by atoms with Crippen LogP contribution in [0.15, 0.2) is 72.8 Å². The average molecular weight is 488 g/mol. The van der Waals surface area contributed by atoms with E-state index in [0.29, 0.717) is 18.8 Å². The smallest absolute Gasteiger partial charge is 0.406 e. The summed E-state index contributed by atoms with van der Waals surface area (Å²) in [6.07, 6.45) is -3.40. The van der Waals surface area contributed by atoms with E-state index in [9.17, 15) is 18.3 Å². The second-order valence-electron chi connectivity index (χ2n) is 8.37. The highest BCUT2D eigenvalue weighted by molar-refractivity contribution is 7.98. The van der Waals surface area contributed by atoms with Crippen molar-refractivity contribution in [3.05, 3.63) is 83.9 Å². The van der Waals surface area contributed by atoms with Crippen LogP contribution in [0.2, 0.25) is 0 Å². The van der Waals surface area contributed by atoms with Crippen molar-refractivity contribution in [3.8, 4) is 5.75 Å². The van der Waals surface area contributed by atoms with Crippen LogP contribution in [0.4, 0.5) is 30.2 Å². The van der Waals surface area contributed by atoms with Crippen LogP contribution >= 0.6 is 12.1 Å². The van der Waals surface area contributed by atoms with Gasteiger partial charge in [-0.25, -0.2) is 4.31 Å². The molecule has 5 rings (SSSR count). The van der Waals surface area contributed by atoms with Gasteiger partial charge in [0.2, 0.25) is 0 Å². The molecule has 2 atom stereocenters. The van der Waals surface area contributed by atoms with Crippen molar-refractivity contribution in [1.29, 1.82) is 0 Å². The molecule has 0 aromatic heterocycles. The molecule has 2 aliphatic rings. The van der Waals surface area contributed by atoms with Crippen molar-refractivity contribution in [2.75, 3.05) is 22.7 Å². The molecule has 1 unspecified atom stereocenters. The molecule has 0 amide bonds. The Morgan fingerprint density at radius 3 is 2.03 bits per heavy atom. The largest absolute Gasteiger partial charge is 0.573 e. The monoisotopic (exact) mass is 487 g/mol. The number of benzene rings is 3.